The van der Waals surface area contributed by atoms with Gasteiger partial charge in [-0.15, -0.1) is 13.2 Å². The third-order valence-corrected chi connectivity index (χ3v) is 7.65. The maximum Gasteiger partial charge on any atom is 0.573 e. The van der Waals surface area contributed by atoms with Crippen molar-refractivity contribution in [3.8, 4) is 23.0 Å². The van der Waals surface area contributed by atoms with Crippen LogP contribution in [0.15, 0.2) is 66.9 Å². The number of H-pyrrole nitrogens is 1. The number of aliphatic hydroxyl groups is 1. The molecule has 1 fully saturated rings. The molecular formula is C31H30F3N7O4. The van der Waals surface area contributed by atoms with Crippen molar-refractivity contribution < 1.29 is 32.5 Å². The van der Waals surface area contributed by atoms with Crippen molar-refractivity contribution in [3.63, 3.8) is 0 Å². The van der Waals surface area contributed by atoms with Crippen LogP contribution in [0.1, 0.15) is 28.8 Å². The molecule has 0 radical (unpaired) electrons. The zero-order chi connectivity index (χ0) is 31.6. The van der Waals surface area contributed by atoms with Crippen LogP contribution in [0.5, 0.6) is 11.5 Å². The van der Waals surface area contributed by atoms with Gasteiger partial charge in [-0.1, -0.05) is 12.1 Å². The van der Waals surface area contributed by atoms with Gasteiger partial charge in [-0.2, -0.15) is 5.10 Å². The standard InChI is InChI=1S/C31H30F3N7O4/c1-44-22-5-2-19(3-6-22)17-41-26(29-36-24-8-7-23(14-25(24)37-29)45-31(32,33)34)15-27(39-41)38-30(43)21-4-9-28(35-16-21)40-12-10-20(18-42)11-13-40/h2-9,14-16,20,42H,10-13,17-18H2,1H3,(H,36,37)(H,38,39,43). The number of anilines is 2. The fourth-order valence-electron chi connectivity index (χ4n) is 5.24. The van der Waals surface area contributed by atoms with E-state index in [1.165, 1.54) is 24.4 Å². The number of aromatic amines is 1. The SMILES string of the molecule is COc1ccc(Cn2nc(NC(=O)c3ccc(N4CCC(CO)CC4)nc3)cc2-c2nc3cc(OC(F)(F)F)ccc3[nH]2)cc1. The van der Waals surface area contributed by atoms with Crippen LogP contribution in [0.25, 0.3) is 22.6 Å². The van der Waals surface area contributed by atoms with Crippen molar-refractivity contribution in [1.29, 1.82) is 0 Å². The number of hydrogen-bond acceptors (Lipinski definition) is 8. The van der Waals surface area contributed by atoms with E-state index in [4.69, 9.17) is 4.74 Å². The van der Waals surface area contributed by atoms with Gasteiger partial charge in [0, 0.05) is 38.0 Å². The Morgan fingerprint density at radius 2 is 1.82 bits per heavy atom. The number of rotatable bonds is 9. The van der Waals surface area contributed by atoms with Gasteiger partial charge < -0.3 is 29.8 Å². The summed E-state index contributed by atoms with van der Waals surface area (Å²) in [5.74, 6) is 1.56. The van der Waals surface area contributed by atoms with Crippen molar-refractivity contribution in [2.24, 2.45) is 5.92 Å². The first-order chi connectivity index (χ1) is 21.7. The molecule has 3 N–H and O–H groups in total. The van der Waals surface area contributed by atoms with Crippen LogP contribution in [0, 0.1) is 5.92 Å². The summed E-state index contributed by atoms with van der Waals surface area (Å²) >= 11 is 0. The molecule has 0 aliphatic carbocycles. The summed E-state index contributed by atoms with van der Waals surface area (Å²) < 4.78 is 49.2. The summed E-state index contributed by atoms with van der Waals surface area (Å²) in [5.41, 5.74) is 2.49. The van der Waals surface area contributed by atoms with Gasteiger partial charge in [0.15, 0.2) is 11.6 Å². The molecule has 4 heterocycles. The number of pyridine rings is 1. The van der Waals surface area contributed by atoms with Crippen molar-refractivity contribution in [2.75, 3.05) is 37.0 Å². The molecule has 0 atom stereocenters. The van der Waals surface area contributed by atoms with E-state index in [2.05, 4.69) is 35.0 Å². The van der Waals surface area contributed by atoms with Crippen molar-refractivity contribution in [2.45, 2.75) is 25.7 Å². The number of carbonyl (C=O) groups is 1. The highest BCUT2D eigenvalue weighted by atomic mass is 19.4. The van der Waals surface area contributed by atoms with Crippen molar-refractivity contribution >= 4 is 28.6 Å². The van der Waals surface area contributed by atoms with E-state index in [1.807, 2.05) is 24.3 Å². The molecule has 1 aliphatic heterocycles. The number of nitrogens with zero attached hydrogens (tertiary/aromatic N) is 5. The second kappa shape index (κ2) is 12.5. The fraction of sp³-hybridized carbons (Fsp3) is 0.290. The Morgan fingerprint density at radius 1 is 1.07 bits per heavy atom. The number of amides is 1. The van der Waals surface area contributed by atoms with Crippen LogP contribution in [-0.2, 0) is 6.54 Å². The van der Waals surface area contributed by atoms with E-state index in [9.17, 15) is 23.1 Å². The lowest BCUT2D eigenvalue weighted by molar-refractivity contribution is -0.274. The number of alkyl halides is 3. The number of carbonyl (C=O) groups excluding carboxylic acids is 1. The molecule has 234 valence electrons. The number of fused-ring (bicyclic) bond motifs is 1. The Morgan fingerprint density at radius 3 is 2.49 bits per heavy atom. The number of imidazole rings is 1. The third-order valence-electron chi connectivity index (χ3n) is 7.65. The predicted molar refractivity (Wildman–Crippen MR) is 160 cm³/mol. The molecule has 6 rings (SSSR count). The molecule has 0 unspecified atom stereocenters. The normalized spacial score (nSPS) is 14.1. The van der Waals surface area contributed by atoms with E-state index in [0.29, 0.717) is 40.8 Å². The Bertz CT molecular complexity index is 1780. The summed E-state index contributed by atoms with van der Waals surface area (Å²) in [5, 5.41) is 16.8. The number of halogens is 3. The highest BCUT2D eigenvalue weighted by molar-refractivity contribution is 6.03. The fourth-order valence-corrected chi connectivity index (χ4v) is 5.24. The molecule has 14 heteroatoms. The number of methoxy groups -OCH3 is 1. The van der Waals surface area contributed by atoms with Crippen LogP contribution in [0.2, 0.25) is 0 Å². The Balaban J connectivity index is 1.25. The first kappa shape index (κ1) is 29.9. The predicted octanol–water partition coefficient (Wildman–Crippen LogP) is 5.24. The molecule has 5 aromatic rings. The lowest BCUT2D eigenvalue weighted by Crippen LogP contribution is -2.35. The van der Waals surface area contributed by atoms with Crippen LogP contribution >= 0.6 is 0 Å². The number of ether oxygens (including phenoxy) is 2. The van der Waals surface area contributed by atoms with Crippen LogP contribution in [-0.4, -0.2) is 68.9 Å². The second-order valence-corrected chi connectivity index (χ2v) is 10.7. The number of aromatic nitrogens is 5. The van der Waals surface area contributed by atoms with Crippen molar-refractivity contribution in [3.05, 3.63) is 78.0 Å². The van der Waals surface area contributed by atoms with Crippen LogP contribution in [0.4, 0.5) is 24.8 Å². The molecule has 0 spiro atoms. The number of benzene rings is 2. The highest BCUT2D eigenvalue weighted by Crippen LogP contribution is 2.29. The molecule has 1 amide bonds. The molecular weight excluding hydrogens is 591 g/mol. The van der Waals surface area contributed by atoms with Crippen molar-refractivity contribution in [1.82, 2.24) is 24.7 Å². The zero-order valence-electron chi connectivity index (χ0n) is 24.2. The average molecular weight is 622 g/mol. The molecule has 45 heavy (non-hydrogen) atoms. The van der Waals surface area contributed by atoms with E-state index < -0.39 is 12.3 Å². The van der Waals surface area contributed by atoms with Gasteiger partial charge in [-0.25, -0.2) is 9.97 Å². The maximum absolute atomic E-state index is 13.2. The topological polar surface area (TPSA) is 130 Å². The summed E-state index contributed by atoms with van der Waals surface area (Å²) in [7, 11) is 1.58. The number of piperidine rings is 1. The molecule has 1 saturated heterocycles. The number of aliphatic hydroxyl groups excluding tert-OH is 1. The maximum atomic E-state index is 13.2. The number of nitrogens with one attached hydrogen (secondary N) is 2. The summed E-state index contributed by atoms with van der Waals surface area (Å²) in [6.45, 7) is 2.07. The molecule has 1 aliphatic rings. The minimum Gasteiger partial charge on any atom is -0.497 e. The van der Waals surface area contributed by atoms with E-state index >= 15 is 0 Å². The first-order valence-corrected chi connectivity index (χ1v) is 14.3. The minimum atomic E-state index is -4.83. The minimum absolute atomic E-state index is 0.187. The summed E-state index contributed by atoms with van der Waals surface area (Å²) in [6.07, 6.45) is -1.55. The van der Waals surface area contributed by atoms with Gasteiger partial charge in [0.25, 0.3) is 5.91 Å². The largest absolute Gasteiger partial charge is 0.573 e. The smallest absolute Gasteiger partial charge is 0.497 e. The molecule has 3 aromatic heterocycles. The van der Waals surface area contributed by atoms with Crippen LogP contribution < -0.4 is 19.7 Å². The monoisotopic (exact) mass is 621 g/mol. The van der Waals surface area contributed by atoms with Crippen LogP contribution in [0.3, 0.4) is 0 Å². The molecule has 0 saturated carbocycles. The number of hydrogen-bond donors (Lipinski definition) is 3. The average Bonchev–Trinajstić information content (AvgIpc) is 3.64. The van der Waals surface area contributed by atoms with E-state index in [-0.39, 0.29) is 23.7 Å². The van der Waals surface area contributed by atoms with Gasteiger partial charge in [-0.05, 0) is 60.7 Å². The van der Waals surface area contributed by atoms with Gasteiger partial charge in [0.2, 0.25) is 0 Å². The first-order valence-electron chi connectivity index (χ1n) is 14.3. The Kier molecular flexibility index (Phi) is 8.30. The Hall–Kier alpha value is -5.11. The lowest BCUT2D eigenvalue weighted by atomic mass is 9.98. The zero-order valence-corrected chi connectivity index (χ0v) is 24.2. The second-order valence-electron chi connectivity index (χ2n) is 10.7. The molecule has 0 bridgehead atoms. The summed E-state index contributed by atoms with van der Waals surface area (Å²) in [6, 6.07) is 16.4. The lowest BCUT2D eigenvalue weighted by Gasteiger charge is -2.31. The van der Waals surface area contributed by atoms with Gasteiger partial charge >= 0.3 is 6.36 Å². The van der Waals surface area contributed by atoms with Gasteiger partial charge in [0.1, 0.15) is 23.0 Å². The molecule has 2 aromatic carbocycles. The van der Waals surface area contributed by atoms with Gasteiger partial charge in [-0.3, -0.25) is 9.48 Å². The van der Waals surface area contributed by atoms with E-state index in [1.54, 1.807) is 30.0 Å². The highest BCUT2D eigenvalue weighted by Gasteiger charge is 2.31. The third kappa shape index (κ3) is 7.01. The summed E-state index contributed by atoms with van der Waals surface area (Å²) in [4.78, 5) is 27.4. The van der Waals surface area contributed by atoms with E-state index in [0.717, 1.165) is 37.3 Å². The quantitative estimate of drug-likeness (QED) is 0.204. The molecule has 11 nitrogen and oxygen atoms in total. The Labute approximate surface area is 255 Å². The van der Waals surface area contributed by atoms with Gasteiger partial charge in [0.05, 0.1) is 30.3 Å².